The number of hydrogen-bond donors (Lipinski definition) is 1. The molecule has 1 amide bonds. The maximum absolute atomic E-state index is 12.3. The molecule has 1 aliphatic rings. The van der Waals surface area contributed by atoms with Crippen molar-refractivity contribution in [1.29, 1.82) is 0 Å². The van der Waals surface area contributed by atoms with Crippen LogP contribution in [0, 0.1) is 0 Å². The Hall–Kier alpha value is -3.00. The van der Waals surface area contributed by atoms with E-state index in [2.05, 4.69) is 31.4 Å². The first-order valence-electron chi connectivity index (χ1n) is 8.27. The topological polar surface area (TPSA) is 94.3 Å². The largest absolute Gasteiger partial charge is 0.452 e. The Balaban J connectivity index is 1.42. The second-order valence-corrected chi connectivity index (χ2v) is 6.93. The van der Waals surface area contributed by atoms with E-state index in [0.29, 0.717) is 24.2 Å². The number of nitrogens with zero attached hydrogens (tertiary/aromatic N) is 2. The number of amides is 1. The number of fused-ring (bicyclic) bond motifs is 1. The van der Waals surface area contributed by atoms with Gasteiger partial charge in [0.15, 0.2) is 6.61 Å². The van der Waals surface area contributed by atoms with Crippen LogP contribution < -0.4 is 5.32 Å². The van der Waals surface area contributed by atoms with Crippen molar-refractivity contribution in [3.63, 3.8) is 0 Å². The van der Waals surface area contributed by atoms with Gasteiger partial charge in [0.25, 0.3) is 5.89 Å². The predicted octanol–water partition coefficient (Wildman–Crippen LogP) is 3.74. The van der Waals surface area contributed by atoms with Gasteiger partial charge in [0.05, 0.1) is 5.56 Å². The fourth-order valence-corrected chi connectivity index (χ4v) is 3.18. The van der Waals surface area contributed by atoms with Gasteiger partial charge in [-0.25, -0.2) is 4.79 Å². The lowest BCUT2D eigenvalue weighted by atomic mass is 10.0. The van der Waals surface area contributed by atoms with Crippen LogP contribution in [0.2, 0.25) is 0 Å². The Kier molecular flexibility index (Phi) is 4.72. The molecule has 136 valence electrons. The molecule has 27 heavy (non-hydrogen) atoms. The molecule has 2 aromatic carbocycles. The number of rotatable bonds is 4. The lowest BCUT2D eigenvalue weighted by molar-refractivity contribution is -0.116. The minimum atomic E-state index is -0.489. The van der Waals surface area contributed by atoms with Crippen LogP contribution in [0.5, 0.6) is 0 Å². The quantitative estimate of drug-likeness (QED) is 0.637. The van der Waals surface area contributed by atoms with Gasteiger partial charge in [-0.05, 0) is 42.3 Å². The number of anilines is 1. The third-order valence-electron chi connectivity index (χ3n) is 4.11. The van der Waals surface area contributed by atoms with Crippen molar-refractivity contribution in [3.05, 3.63) is 64.0 Å². The lowest BCUT2D eigenvalue weighted by Crippen LogP contribution is -2.19. The molecule has 0 saturated heterocycles. The molecule has 1 aromatic heterocycles. The standard InChI is InChI=1S/C19H14BrN3O4/c20-14-3-1-2-12(9-14)18-22-17(27-23-18)10-26-19(25)13-4-6-15-11(8-13)5-7-16(24)21-15/h1-4,6,8-9H,5,7,10H2,(H,21,24). The van der Waals surface area contributed by atoms with Gasteiger partial charge in [-0.15, -0.1) is 0 Å². The molecule has 0 aliphatic carbocycles. The molecule has 7 nitrogen and oxygen atoms in total. The summed E-state index contributed by atoms with van der Waals surface area (Å²) < 4.78 is 11.3. The van der Waals surface area contributed by atoms with Crippen molar-refractivity contribution >= 4 is 33.5 Å². The number of carbonyl (C=O) groups excluding carboxylic acids is 2. The van der Waals surface area contributed by atoms with Crippen molar-refractivity contribution < 1.29 is 18.8 Å². The predicted molar refractivity (Wildman–Crippen MR) is 99.9 cm³/mol. The molecule has 4 rings (SSSR count). The molecular formula is C19H14BrN3O4. The van der Waals surface area contributed by atoms with Crippen molar-refractivity contribution in [1.82, 2.24) is 10.1 Å². The highest BCUT2D eigenvalue weighted by molar-refractivity contribution is 9.10. The summed E-state index contributed by atoms with van der Waals surface area (Å²) in [4.78, 5) is 27.9. The van der Waals surface area contributed by atoms with E-state index < -0.39 is 5.97 Å². The molecule has 0 atom stereocenters. The van der Waals surface area contributed by atoms with Crippen LogP contribution in [0.15, 0.2) is 51.5 Å². The van der Waals surface area contributed by atoms with Crippen LogP contribution in [0.3, 0.4) is 0 Å². The summed E-state index contributed by atoms with van der Waals surface area (Å²) in [5.74, 6) is 0.128. The summed E-state index contributed by atoms with van der Waals surface area (Å²) in [5.41, 5.74) is 2.86. The molecule has 3 aromatic rings. The molecule has 0 radical (unpaired) electrons. The van der Waals surface area contributed by atoms with Gasteiger partial charge in [0, 0.05) is 22.1 Å². The highest BCUT2D eigenvalue weighted by Crippen LogP contribution is 2.24. The average molecular weight is 428 g/mol. The van der Waals surface area contributed by atoms with E-state index in [0.717, 1.165) is 21.3 Å². The number of esters is 1. The van der Waals surface area contributed by atoms with E-state index in [1.54, 1.807) is 18.2 Å². The first kappa shape index (κ1) is 17.4. The smallest absolute Gasteiger partial charge is 0.338 e. The van der Waals surface area contributed by atoms with E-state index >= 15 is 0 Å². The van der Waals surface area contributed by atoms with Gasteiger partial charge in [0.1, 0.15) is 0 Å². The van der Waals surface area contributed by atoms with Gasteiger partial charge < -0.3 is 14.6 Å². The number of halogens is 1. The maximum atomic E-state index is 12.3. The first-order chi connectivity index (χ1) is 13.1. The number of hydrogen-bond acceptors (Lipinski definition) is 6. The van der Waals surface area contributed by atoms with Gasteiger partial charge in [-0.2, -0.15) is 4.98 Å². The summed E-state index contributed by atoms with van der Waals surface area (Å²) in [5, 5.41) is 6.68. The number of ether oxygens (including phenoxy) is 1. The molecule has 1 aliphatic heterocycles. The van der Waals surface area contributed by atoms with E-state index in [1.807, 2.05) is 24.3 Å². The maximum Gasteiger partial charge on any atom is 0.338 e. The number of nitrogens with one attached hydrogen (secondary N) is 1. The first-order valence-corrected chi connectivity index (χ1v) is 9.06. The van der Waals surface area contributed by atoms with Gasteiger partial charge >= 0.3 is 5.97 Å². The Labute approximate surface area is 162 Å². The summed E-state index contributed by atoms with van der Waals surface area (Å²) in [6, 6.07) is 12.6. The third-order valence-corrected chi connectivity index (χ3v) is 4.61. The van der Waals surface area contributed by atoms with Crippen molar-refractivity contribution in [2.45, 2.75) is 19.4 Å². The molecule has 0 bridgehead atoms. The van der Waals surface area contributed by atoms with Crippen LogP contribution in [0.25, 0.3) is 11.4 Å². The molecule has 0 fully saturated rings. The lowest BCUT2D eigenvalue weighted by Gasteiger charge is -2.17. The monoisotopic (exact) mass is 427 g/mol. The zero-order valence-electron chi connectivity index (χ0n) is 14.1. The summed E-state index contributed by atoms with van der Waals surface area (Å²) in [6.45, 7) is -0.117. The number of carbonyl (C=O) groups is 2. The normalized spacial score (nSPS) is 13.0. The molecule has 1 N–H and O–H groups in total. The number of benzene rings is 2. The van der Waals surface area contributed by atoms with Gasteiger partial charge in [-0.1, -0.05) is 33.2 Å². The van der Waals surface area contributed by atoms with Crippen molar-refractivity contribution in [2.24, 2.45) is 0 Å². The second kappa shape index (κ2) is 7.32. The Bertz CT molecular complexity index is 1030. The molecule has 0 unspecified atom stereocenters. The van der Waals surface area contributed by atoms with Crippen LogP contribution >= 0.6 is 15.9 Å². The van der Waals surface area contributed by atoms with Crippen LogP contribution in [0.1, 0.15) is 28.2 Å². The minimum absolute atomic E-state index is 0.0181. The Morgan fingerprint density at radius 3 is 2.96 bits per heavy atom. The summed E-state index contributed by atoms with van der Waals surface area (Å²) in [7, 11) is 0. The van der Waals surface area contributed by atoms with E-state index in [9.17, 15) is 9.59 Å². The highest BCUT2D eigenvalue weighted by atomic mass is 79.9. The van der Waals surface area contributed by atoms with E-state index in [-0.39, 0.29) is 18.4 Å². The summed E-state index contributed by atoms with van der Waals surface area (Å²) in [6.07, 6.45) is 1.01. The van der Waals surface area contributed by atoms with Crippen molar-refractivity contribution in [2.75, 3.05) is 5.32 Å². The van der Waals surface area contributed by atoms with E-state index in [1.165, 1.54) is 0 Å². The molecule has 0 spiro atoms. The van der Waals surface area contributed by atoms with Gasteiger partial charge in [0.2, 0.25) is 11.7 Å². The fourth-order valence-electron chi connectivity index (χ4n) is 2.78. The number of aromatic nitrogens is 2. The third kappa shape index (κ3) is 3.90. The molecular weight excluding hydrogens is 414 g/mol. The van der Waals surface area contributed by atoms with Crippen molar-refractivity contribution in [3.8, 4) is 11.4 Å². The fraction of sp³-hybridized carbons (Fsp3) is 0.158. The average Bonchev–Trinajstić information content (AvgIpc) is 3.15. The van der Waals surface area contributed by atoms with Crippen LogP contribution in [-0.2, 0) is 22.6 Å². The molecule has 2 heterocycles. The van der Waals surface area contributed by atoms with Crippen LogP contribution in [-0.4, -0.2) is 22.0 Å². The highest BCUT2D eigenvalue weighted by Gasteiger charge is 2.18. The van der Waals surface area contributed by atoms with E-state index in [4.69, 9.17) is 9.26 Å². The zero-order chi connectivity index (χ0) is 18.8. The van der Waals surface area contributed by atoms with Gasteiger partial charge in [-0.3, -0.25) is 4.79 Å². The minimum Gasteiger partial charge on any atom is -0.452 e. The number of aryl methyl sites for hydroxylation is 1. The summed E-state index contributed by atoms with van der Waals surface area (Å²) >= 11 is 3.39. The molecule has 8 heteroatoms. The Morgan fingerprint density at radius 2 is 2.11 bits per heavy atom. The Morgan fingerprint density at radius 1 is 1.22 bits per heavy atom. The molecule has 0 saturated carbocycles. The SMILES string of the molecule is O=C1CCc2cc(C(=O)OCc3nc(-c4cccc(Br)c4)no3)ccc2N1. The van der Waals surface area contributed by atoms with Crippen LogP contribution in [0.4, 0.5) is 5.69 Å². The second-order valence-electron chi connectivity index (χ2n) is 6.02. The zero-order valence-corrected chi connectivity index (χ0v) is 15.7.